The minimum absolute atomic E-state index is 0.00691. The number of esters is 1. The molecule has 0 aromatic heterocycles. The number of primary amides is 1. The van der Waals surface area contributed by atoms with Crippen molar-refractivity contribution in [3.63, 3.8) is 0 Å². The summed E-state index contributed by atoms with van der Waals surface area (Å²) in [6, 6.07) is 13.5. The maximum Gasteiger partial charge on any atom is 0.408 e. The molecule has 30 nitrogen and oxygen atoms in total. The maximum atomic E-state index is 14.7. The summed E-state index contributed by atoms with van der Waals surface area (Å²) in [5.74, 6) is -11.6. The predicted molar refractivity (Wildman–Crippen MR) is 369 cm³/mol. The second kappa shape index (κ2) is 40.2. The first-order chi connectivity index (χ1) is 46.7. The minimum Gasteiger partial charge on any atom is -0.461 e. The molecule has 0 radical (unpaired) electrons. The smallest absolute Gasteiger partial charge is 0.408 e. The zero-order valence-electron chi connectivity index (χ0n) is 60.2. The van der Waals surface area contributed by atoms with E-state index in [1.54, 1.807) is 160 Å². The summed E-state index contributed by atoms with van der Waals surface area (Å²) >= 11 is 0. The molecular weight excluding hydrogens is 1290 g/mol. The maximum absolute atomic E-state index is 14.7. The molecule has 0 aliphatic carbocycles. The number of ether oxygens (including phenoxy) is 3. The van der Waals surface area contributed by atoms with E-state index in [0.717, 1.165) is 14.7 Å². The number of benzene rings is 3. The van der Waals surface area contributed by atoms with E-state index in [-0.39, 0.29) is 38.4 Å². The Hall–Kier alpha value is -10.00. The van der Waals surface area contributed by atoms with Crippen molar-refractivity contribution in [1.82, 2.24) is 62.6 Å². The number of carbonyl (C=O) groups is 14. The van der Waals surface area contributed by atoms with Crippen LogP contribution in [0.25, 0.3) is 0 Å². The van der Waals surface area contributed by atoms with Gasteiger partial charge in [0.25, 0.3) is 0 Å². The lowest BCUT2D eigenvalue weighted by Crippen LogP contribution is -2.61. The van der Waals surface area contributed by atoms with E-state index in [1.165, 1.54) is 41.9 Å². The Morgan fingerprint density at radius 2 is 1.00 bits per heavy atom. The summed E-state index contributed by atoms with van der Waals surface area (Å²) in [5.41, 5.74) is 5.44. The number of likely N-dealkylation sites (N-methyl/N-ethyl adjacent to an activating group) is 3. The van der Waals surface area contributed by atoms with Gasteiger partial charge in [-0.2, -0.15) is 0 Å². The molecule has 9 atom stereocenters. The molecule has 0 unspecified atom stereocenters. The molecule has 3 rings (SSSR count). The Kier molecular flexibility index (Phi) is 33.8. The van der Waals surface area contributed by atoms with Crippen LogP contribution in [0.3, 0.4) is 0 Å². The highest BCUT2D eigenvalue weighted by Gasteiger charge is 2.39. The van der Waals surface area contributed by atoms with Crippen LogP contribution in [-0.4, -0.2) is 211 Å². The van der Waals surface area contributed by atoms with Crippen LogP contribution >= 0.6 is 0 Å². The summed E-state index contributed by atoms with van der Waals surface area (Å²) in [6.07, 6.45) is -1.72. The van der Waals surface area contributed by atoms with Crippen LogP contribution in [0.4, 0.5) is 4.79 Å². The van der Waals surface area contributed by atoms with E-state index in [4.69, 9.17) is 19.9 Å². The lowest BCUT2D eigenvalue weighted by Gasteiger charge is -2.32. The number of nitrogens with one attached hydrogen (secondary N) is 9. The first-order valence-corrected chi connectivity index (χ1v) is 33.0. The molecule has 30 heteroatoms. The Balaban J connectivity index is 1.86. The number of alkyl carbamates (subject to hydrolysis) is 1. The second-order valence-corrected chi connectivity index (χ2v) is 27.1. The average molecular weight is 1400 g/mol. The molecule has 550 valence electrons. The van der Waals surface area contributed by atoms with Gasteiger partial charge in [-0.1, -0.05) is 119 Å². The van der Waals surface area contributed by atoms with Crippen molar-refractivity contribution in [1.29, 1.82) is 0 Å². The van der Waals surface area contributed by atoms with Crippen molar-refractivity contribution in [2.24, 2.45) is 17.6 Å². The largest absolute Gasteiger partial charge is 0.461 e. The molecule has 0 aliphatic rings. The van der Waals surface area contributed by atoms with E-state index >= 15 is 0 Å². The molecular formula is C70H103N13O17. The zero-order chi connectivity index (χ0) is 75.4. The highest BCUT2D eigenvalue weighted by Crippen LogP contribution is 2.17. The van der Waals surface area contributed by atoms with Crippen LogP contribution in [0.5, 0.6) is 0 Å². The van der Waals surface area contributed by atoms with Gasteiger partial charge in [-0.05, 0) is 97.3 Å². The fourth-order valence-corrected chi connectivity index (χ4v) is 9.65. The van der Waals surface area contributed by atoms with Crippen molar-refractivity contribution in [3.05, 3.63) is 108 Å². The lowest BCUT2D eigenvalue weighted by molar-refractivity contribution is -0.150. The van der Waals surface area contributed by atoms with Crippen LogP contribution in [0, 0.1) is 11.8 Å². The molecule has 0 spiro atoms. The summed E-state index contributed by atoms with van der Waals surface area (Å²) in [6.45, 7) is 18.8. The Morgan fingerprint density at radius 3 is 1.53 bits per heavy atom. The highest BCUT2D eigenvalue weighted by atomic mass is 16.6. The van der Waals surface area contributed by atoms with Gasteiger partial charge in [-0.25, -0.2) is 4.79 Å². The van der Waals surface area contributed by atoms with Crippen LogP contribution < -0.4 is 53.6 Å². The van der Waals surface area contributed by atoms with Gasteiger partial charge in [-0.3, -0.25) is 62.3 Å². The molecule has 3 aromatic rings. The molecule has 13 amide bonds. The first-order valence-electron chi connectivity index (χ1n) is 33.0. The molecule has 0 aliphatic heterocycles. The van der Waals surface area contributed by atoms with E-state index in [1.807, 2.05) is 0 Å². The molecule has 0 heterocycles. The Labute approximate surface area is 585 Å². The van der Waals surface area contributed by atoms with Gasteiger partial charge < -0.3 is 82.5 Å². The second-order valence-electron chi connectivity index (χ2n) is 27.1. The van der Waals surface area contributed by atoms with Crippen LogP contribution in [-0.2, 0) is 96.0 Å². The number of nitrogens with two attached hydrogens (primary N) is 1. The van der Waals surface area contributed by atoms with E-state index < -0.39 is 181 Å². The monoisotopic (exact) mass is 1400 g/mol. The van der Waals surface area contributed by atoms with Gasteiger partial charge >= 0.3 is 12.1 Å². The SMILES string of the molecule is CC(C)C[C@@H](C(=O)N[C@@H](C)C(=O)N[C@H](C(=O)N[C@@H](Cc1ccccc1)C(=O)N[C@@H](CC(=O)OCc1ccccc1)C(=O)N(C)[C@@H](C)C(=O)N[C@@H](COC(C)(C)C)C(=O)NCC(N)=O)C(C)C)N(C)C(=O)CNC(=O)[C@H](Cc1ccccc1)N(C)C(=O)[C@H](C)NC(=O)CNC(=O)OC(C)(C)C. The first kappa shape index (κ1) is 84.2. The van der Waals surface area contributed by atoms with Crippen molar-refractivity contribution in [2.45, 2.75) is 188 Å². The molecule has 3 aromatic carbocycles. The molecule has 0 saturated heterocycles. The fourth-order valence-electron chi connectivity index (χ4n) is 9.65. The summed E-state index contributed by atoms with van der Waals surface area (Å²) in [5, 5.41) is 22.9. The van der Waals surface area contributed by atoms with Crippen molar-refractivity contribution < 1.29 is 81.3 Å². The number of nitrogens with zero attached hydrogens (tertiary/aromatic N) is 3. The number of amides is 13. The normalized spacial score (nSPS) is 14.0. The van der Waals surface area contributed by atoms with Gasteiger partial charge in [0, 0.05) is 34.0 Å². The van der Waals surface area contributed by atoms with Crippen molar-refractivity contribution >= 4 is 82.9 Å². The van der Waals surface area contributed by atoms with Gasteiger partial charge in [0.2, 0.25) is 70.9 Å². The van der Waals surface area contributed by atoms with Crippen molar-refractivity contribution in [2.75, 3.05) is 47.4 Å². The predicted octanol–water partition coefficient (Wildman–Crippen LogP) is 0.814. The highest BCUT2D eigenvalue weighted by molar-refractivity contribution is 5.99. The van der Waals surface area contributed by atoms with E-state index in [9.17, 15) is 67.1 Å². The van der Waals surface area contributed by atoms with Crippen LogP contribution in [0.15, 0.2) is 91.0 Å². The third-order valence-corrected chi connectivity index (χ3v) is 15.4. The van der Waals surface area contributed by atoms with E-state index in [2.05, 4.69) is 47.9 Å². The third-order valence-electron chi connectivity index (χ3n) is 15.4. The third kappa shape index (κ3) is 30.0. The van der Waals surface area contributed by atoms with Gasteiger partial charge in [-0.15, -0.1) is 0 Å². The van der Waals surface area contributed by atoms with Crippen molar-refractivity contribution in [3.8, 4) is 0 Å². The number of hydrogen-bond acceptors (Lipinski definition) is 17. The summed E-state index contributed by atoms with van der Waals surface area (Å²) in [7, 11) is 3.94. The molecule has 0 fully saturated rings. The molecule has 0 bridgehead atoms. The number of hydrogen-bond donors (Lipinski definition) is 10. The summed E-state index contributed by atoms with van der Waals surface area (Å²) < 4.78 is 16.4. The van der Waals surface area contributed by atoms with E-state index in [0.29, 0.717) is 16.7 Å². The molecule has 100 heavy (non-hydrogen) atoms. The topological polar surface area (TPSA) is 411 Å². The standard InChI is InChI=1S/C70H103N13O17/c1-41(2)32-52(82(15)56(86)38-73-63(92)53(34-47-28-22-18-23-29-47)83(16)66(95)44(6)75-55(85)37-74-68(97)100-70(11,12)13)64(93)76-43(5)59(88)80-58(42(3)4)65(94)77-49(33-46-26-20-17-21-27-46)62(91)78-50(35-57(87)98-39-48-30-24-19-25-31-48)67(96)81(14)45(7)60(89)79-51(40-99-69(8,9)10)61(90)72-36-54(71)84/h17-31,41-45,49-53,58H,32-40H2,1-16H3,(H2,71,84)(H,72,90)(H,73,92)(H,74,97)(H,75,85)(H,76,93)(H,77,94)(H,78,91)(H,79,89)(H,80,88)/t43-,44-,45-,49-,50-,51-,52-,53-,58-/m0/s1. The van der Waals surface area contributed by atoms with Crippen LogP contribution in [0.1, 0.15) is 120 Å². The number of carbonyl (C=O) groups excluding carboxylic acids is 14. The molecule has 11 N–H and O–H groups in total. The Morgan fingerprint density at radius 1 is 0.470 bits per heavy atom. The zero-order valence-corrected chi connectivity index (χ0v) is 60.2. The fraction of sp³-hybridized carbons (Fsp3) is 0.543. The average Bonchev–Trinajstić information content (AvgIpc) is 0.847. The molecule has 0 saturated carbocycles. The Bertz CT molecular complexity index is 3290. The van der Waals surface area contributed by atoms with Crippen LogP contribution in [0.2, 0.25) is 0 Å². The quantitative estimate of drug-likeness (QED) is 0.0357. The van der Waals surface area contributed by atoms with Gasteiger partial charge in [0.1, 0.15) is 73.1 Å². The summed E-state index contributed by atoms with van der Waals surface area (Å²) in [4.78, 5) is 194. The van der Waals surface area contributed by atoms with Gasteiger partial charge in [0.05, 0.1) is 31.7 Å². The number of rotatable bonds is 37. The minimum atomic E-state index is -1.74. The lowest BCUT2D eigenvalue weighted by atomic mass is 10.00. The van der Waals surface area contributed by atoms with Gasteiger partial charge in [0.15, 0.2) is 0 Å².